The van der Waals surface area contributed by atoms with Crippen LogP contribution in [0.15, 0.2) is 54.6 Å². The number of rotatable bonds is 6. The lowest BCUT2D eigenvalue weighted by atomic mass is 9.96. The molecule has 1 saturated heterocycles. The second-order valence-corrected chi connectivity index (χ2v) is 7.19. The number of hydrogen-bond donors (Lipinski definition) is 2. The maximum absolute atomic E-state index is 12.4. The summed E-state index contributed by atoms with van der Waals surface area (Å²) in [6.45, 7) is 2.34. The molecule has 0 aliphatic carbocycles. The van der Waals surface area contributed by atoms with Gasteiger partial charge in [-0.15, -0.1) is 0 Å². The van der Waals surface area contributed by atoms with Crippen molar-refractivity contribution in [1.29, 1.82) is 0 Å². The van der Waals surface area contributed by atoms with Crippen molar-refractivity contribution < 1.29 is 9.59 Å². The van der Waals surface area contributed by atoms with Crippen molar-refractivity contribution in [1.82, 2.24) is 10.2 Å². The fourth-order valence-corrected chi connectivity index (χ4v) is 3.42. The molecule has 0 spiro atoms. The van der Waals surface area contributed by atoms with Gasteiger partial charge in [0.1, 0.15) is 0 Å². The van der Waals surface area contributed by atoms with E-state index in [1.807, 2.05) is 42.5 Å². The van der Waals surface area contributed by atoms with Crippen LogP contribution >= 0.6 is 11.6 Å². The van der Waals surface area contributed by atoms with Gasteiger partial charge < -0.3 is 10.6 Å². The van der Waals surface area contributed by atoms with E-state index in [0.29, 0.717) is 23.8 Å². The maximum Gasteiger partial charge on any atom is 0.238 e. The molecule has 0 saturated carbocycles. The van der Waals surface area contributed by atoms with Crippen molar-refractivity contribution in [3.8, 4) is 0 Å². The lowest BCUT2D eigenvalue weighted by Gasteiger charge is -2.30. The minimum Gasteiger partial charge on any atom is -0.352 e. The van der Waals surface area contributed by atoms with Crippen molar-refractivity contribution in [2.75, 3.05) is 25.0 Å². The summed E-state index contributed by atoms with van der Waals surface area (Å²) in [5.74, 6) is 0.0192. The summed E-state index contributed by atoms with van der Waals surface area (Å²) in [4.78, 5) is 26.6. The van der Waals surface area contributed by atoms with E-state index < -0.39 is 0 Å². The van der Waals surface area contributed by atoms with E-state index in [1.165, 1.54) is 0 Å². The second-order valence-electron chi connectivity index (χ2n) is 6.78. The number of nitrogens with zero attached hydrogens (tertiary/aromatic N) is 1. The van der Waals surface area contributed by atoms with E-state index in [4.69, 9.17) is 11.6 Å². The molecule has 0 unspecified atom stereocenters. The zero-order valence-corrected chi connectivity index (χ0v) is 15.9. The van der Waals surface area contributed by atoms with Gasteiger partial charge in [0.2, 0.25) is 11.8 Å². The van der Waals surface area contributed by atoms with Crippen LogP contribution in [0.4, 0.5) is 5.69 Å². The van der Waals surface area contributed by atoms with Gasteiger partial charge in [-0.2, -0.15) is 0 Å². The van der Waals surface area contributed by atoms with Gasteiger partial charge in [-0.05, 0) is 43.6 Å². The molecule has 2 amide bonds. The summed E-state index contributed by atoms with van der Waals surface area (Å²) in [6, 6.07) is 17.1. The van der Waals surface area contributed by atoms with Crippen LogP contribution < -0.4 is 10.6 Å². The molecule has 0 radical (unpaired) electrons. The van der Waals surface area contributed by atoms with Gasteiger partial charge in [-0.25, -0.2) is 0 Å². The molecule has 0 aromatic heterocycles. The number of piperidine rings is 1. The van der Waals surface area contributed by atoms with Crippen molar-refractivity contribution >= 4 is 29.1 Å². The summed E-state index contributed by atoms with van der Waals surface area (Å²) in [6.07, 6.45) is 1.53. The molecule has 5 nitrogen and oxygen atoms in total. The van der Waals surface area contributed by atoms with Crippen LogP contribution in [0.2, 0.25) is 5.02 Å². The third kappa shape index (κ3) is 5.81. The third-order valence-corrected chi connectivity index (χ3v) is 5.11. The number of amides is 2. The number of para-hydroxylation sites is 1. The van der Waals surface area contributed by atoms with Gasteiger partial charge >= 0.3 is 0 Å². The number of carbonyl (C=O) groups excluding carboxylic acids is 2. The Kier molecular flexibility index (Phi) is 6.85. The molecular weight excluding hydrogens is 362 g/mol. The van der Waals surface area contributed by atoms with Crippen LogP contribution in [0.5, 0.6) is 0 Å². The van der Waals surface area contributed by atoms with Gasteiger partial charge in [0, 0.05) is 12.5 Å². The van der Waals surface area contributed by atoms with Crippen molar-refractivity contribution in [2.45, 2.75) is 19.4 Å². The van der Waals surface area contributed by atoms with Crippen LogP contribution in [0.25, 0.3) is 0 Å². The Morgan fingerprint density at radius 3 is 2.37 bits per heavy atom. The average molecular weight is 386 g/mol. The molecule has 2 aromatic rings. The quantitative estimate of drug-likeness (QED) is 0.802. The Hall–Kier alpha value is -2.37. The minimum absolute atomic E-state index is 0.0107. The Bertz CT molecular complexity index is 774. The average Bonchev–Trinajstić information content (AvgIpc) is 2.69. The molecule has 2 N–H and O–H groups in total. The van der Waals surface area contributed by atoms with E-state index >= 15 is 0 Å². The Morgan fingerprint density at radius 2 is 1.67 bits per heavy atom. The maximum atomic E-state index is 12.4. The van der Waals surface area contributed by atoms with Crippen LogP contribution in [0.3, 0.4) is 0 Å². The molecule has 1 aliphatic rings. The summed E-state index contributed by atoms with van der Waals surface area (Å²) in [5, 5.41) is 6.38. The minimum atomic E-state index is -0.0879. The van der Waals surface area contributed by atoms with E-state index in [-0.39, 0.29) is 17.7 Å². The van der Waals surface area contributed by atoms with Gasteiger partial charge in [0.05, 0.1) is 17.3 Å². The first-order chi connectivity index (χ1) is 13.1. The summed E-state index contributed by atoms with van der Waals surface area (Å²) in [5.41, 5.74) is 1.72. The van der Waals surface area contributed by atoms with Crippen molar-refractivity contribution in [3.63, 3.8) is 0 Å². The fraction of sp³-hybridized carbons (Fsp3) is 0.333. The molecule has 0 bridgehead atoms. The zero-order valence-electron chi connectivity index (χ0n) is 15.2. The molecule has 1 heterocycles. The van der Waals surface area contributed by atoms with Gasteiger partial charge in [0.25, 0.3) is 0 Å². The molecule has 142 valence electrons. The first-order valence-electron chi connectivity index (χ1n) is 9.20. The molecule has 3 rings (SSSR count). The molecule has 0 atom stereocenters. The summed E-state index contributed by atoms with van der Waals surface area (Å²) < 4.78 is 0. The van der Waals surface area contributed by atoms with Gasteiger partial charge in [-0.1, -0.05) is 54.1 Å². The highest BCUT2D eigenvalue weighted by Gasteiger charge is 2.25. The number of benzene rings is 2. The van der Waals surface area contributed by atoms with E-state index in [0.717, 1.165) is 31.5 Å². The van der Waals surface area contributed by atoms with Crippen molar-refractivity contribution in [2.24, 2.45) is 5.92 Å². The second kappa shape index (κ2) is 9.53. The highest BCUT2D eigenvalue weighted by atomic mass is 35.5. The molecule has 2 aromatic carbocycles. The molecule has 1 fully saturated rings. The first-order valence-corrected chi connectivity index (χ1v) is 9.58. The van der Waals surface area contributed by atoms with E-state index in [9.17, 15) is 9.59 Å². The monoisotopic (exact) mass is 385 g/mol. The highest BCUT2D eigenvalue weighted by Crippen LogP contribution is 2.21. The largest absolute Gasteiger partial charge is 0.352 e. The predicted octanol–water partition coefficient (Wildman–Crippen LogP) is 3.31. The molecule has 27 heavy (non-hydrogen) atoms. The van der Waals surface area contributed by atoms with Crippen LogP contribution in [-0.2, 0) is 16.1 Å². The van der Waals surface area contributed by atoms with Crippen LogP contribution in [-0.4, -0.2) is 36.3 Å². The van der Waals surface area contributed by atoms with Crippen molar-refractivity contribution in [3.05, 3.63) is 65.2 Å². The molecule has 1 aliphatic heterocycles. The summed E-state index contributed by atoms with van der Waals surface area (Å²) in [7, 11) is 0. The Labute approximate surface area is 164 Å². The lowest BCUT2D eigenvalue weighted by molar-refractivity contribution is -0.126. The Balaban J connectivity index is 1.40. The van der Waals surface area contributed by atoms with E-state index in [2.05, 4.69) is 15.5 Å². The Morgan fingerprint density at radius 1 is 1.00 bits per heavy atom. The van der Waals surface area contributed by atoms with Crippen LogP contribution in [0, 0.1) is 5.92 Å². The number of nitrogens with one attached hydrogen (secondary N) is 2. The molecule has 6 heteroatoms. The zero-order chi connectivity index (χ0) is 19.1. The fourth-order valence-electron chi connectivity index (χ4n) is 3.24. The third-order valence-electron chi connectivity index (χ3n) is 4.78. The van der Waals surface area contributed by atoms with Gasteiger partial charge in [0.15, 0.2) is 0 Å². The molecular formula is C21H24ClN3O2. The highest BCUT2D eigenvalue weighted by molar-refractivity contribution is 6.33. The number of hydrogen-bond acceptors (Lipinski definition) is 3. The topological polar surface area (TPSA) is 61.4 Å². The smallest absolute Gasteiger partial charge is 0.238 e. The standard InChI is InChI=1S/C21H24ClN3O2/c22-18-8-4-5-9-19(18)24-20(26)15-25-12-10-17(11-13-25)21(27)23-14-16-6-2-1-3-7-16/h1-9,17H,10-15H2,(H,23,27)(H,24,26). The predicted molar refractivity (Wildman–Crippen MR) is 108 cm³/mol. The van der Waals surface area contributed by atoms with Gasteiger partial charge in [-0.3, -0.25) is 14.5 Å². The number of anilines is 1. The number of carbonyl (C=O) groups is 2. The van der Waals surface area contributed by atoms with Crippen LogP contribution in [0.1, 0.15) is 18.4 Å². The number of halogens is 1. The summed E-state index contributed by atoms with van der Waals surface area (Å²) >= 11 is 6.07. The normalized spacial score (nSPS) is 15.3. The number of likely N-dealkylation sites (tertiary alicyclic amines) is 1. The first kappa shape index (κ1) is 19.4. The van der Waals surface area contributed by atoms with E-state index in [1.54, 1.807) is 12.1 Å². The SMILES string of the molecule is O=C(CN1CCC(C(=O)NCc2ccccc2)CC1)Nc1ccccc1Cl. The lowest BCUT2D eigenvalue weighted by Crippen LogP contribution is -2.43.